The quantitative estimate of drug-likeness (QED) is 0.731. The summed E-state index contributed by atoms with van der Waals surface area (Å²) >= 11 is 1.32. The van der Waals surface area contributed by atoms with E-state index in [4.69, 9.17) is 4.74 Å². The molecule has 3 rings (SSSR count). The minimum atomic E-state index is -0.422. The maximum atomic E-state index is 13.6. The zero-order valence-corrected chi connectivity index (χ0v) is 14.6. The maximum absolute atomic E-state index is 13.6. The van der Waals surface area contributed by atoms with Gasteiger partial charge in [-0.15, -0.1) is 11.3 Å². The van der Waals surface area contributed by atoms with Crippen molar-refractivity contribution in [1.29, 1.82) is 0 Å². The van der Waals surface area contributed by atoms with Crippen LogP contribution in [0.3, 0.4) is 0 Å². The van der Waals surface area contributed by atoms with Crippen LogP contribution in [0, 0.1) is 5.82 Å². The van der Waals surface area contributed by atoms with Gasteiger partial charge in [-0.3, -0.25) is 4.79 Å². The summed E-state index contributed by atoms with van der Waals surface area (Å²) in [6.07, 6.45) is 2.09. The van der Waals surface area contributed by atoms with Crippen molar-refractivity contribution in [3.8, 4) is 0 Å². The van der Waals surface area contributed by atoms with E-state index >= 15 is 0 Å². The molecule has 1 aromatic heterocycles. The van der Waals surface area contributed by atoms with Crippen molar-refractivity contribution < 1.29 is 18.7 Å². The van der Waals surface area contributed by atoms with Crippen molar-refractivity contribution in [1.82, 2.24) is 0 Å². The molecule has 1 saturated carbocycles. The largest absolute Gasteiger partial charge is 0.462 e. The molecule has 5 nitrogen and oxygen atoms in total. The van der Waals surface area contributed by atoms with Crippen molar-refractivity contribution in [2.45, 2.75) is 25.7 Å². The summed E-state index contributed by atoms with van der Waals surface area (Å²) in [6, 6.07) is 6.14. The second kappa shape index (κ2) is 7.65. The molecule has 132 valence electrons. The first kappa shape index (κ1) is 17.4. The lowest BCUT2D eigenvalue weighted by Gasteiger charge is -2.10. The predicted octanol–water partition coefficient (Wildman–Crippen LogP) is 3.99. The molecule has 1 aliphatic carbocycles. The first-order chi connectivity index (χ1) is 12.1. The number of hydrogen-bond acceptors (Lipinski definition) is 5. The van der Waals surface area contributed by atoms with E-state index in [0.29, 0.717) is 16.5 Å². The molecule has 0 bridgehead atoms. The lowest BCUT2D eigenvalue weighted by atomic mass is 10.1. The zero-order valence-electron chi connectivity index (χ0n) is 13.8. The third kappa shape index (κ3) is 4.17. The summed E-state index contributed by atoms with van der Waals surface area (Å²) in [4.78, 5) is 24.4. The third-order valence-electron chi connectivity index (χ3n) is 3.88. The van der Waals surface area contributed by atoms with E-state index in [-0.39, 0.29) is 24.7 Å². The first-order valence-corrected chi connectivity index (χ1v) is 9.04. The van der Waals surface area contributed by atoms with Gasteiger partial charge in [-0.2, -0.15) is 0 Å². The van der Waals surface area contributed by atoms with Crippen LogP contribution in [-0.4, -0.2) is 25.0 Å². The zero-order chi connectivity index (χ0) is 17.8. The summed E-state index contributed by atoms with van der Waals surface area (Å²) in [5, 5.41) is 7.88. The molecular weight excluding hydrogens is 343 g/mol. The predicted molar refractivity (Wildman–Crippen MR) is 95.8 cm³/mol. The molecule has 1 amide bonds. The van der Waals surface area contributed by atoms with E-state index in [1.54, 1.807) is 25.1 Å². The highest BCUT2D eigenvalue weighted by molar-refractivity contribution is 7.15. The Balaban J connectivity index is 1.68. The number of anilines is 2. The minimum absolute atomic E-state index is 0.0974. The van der Waals surface area contributed by atoms with Crippen LogP contribution in [0.15, 0.2) is 29.6 Å². The highest BCUT2D eigenvalue weighted by Gasteiger charge is 2.32. The van der Waals surface area contributed by atoms with E-state index in [1.807, 2.05) is 5.38 Å². The van der Waals surface area contributed by atoms with Gasteiger partial charge >= 0.3 is 5.97 Å². The maximum Gasteiger partial charge on any atom is 0.341 e. The first-order valence-electron chi connectivity index (χ1n) is 8.17. The number of nitrogens with one attached hydrogen (secondary N) is 2. The molecular formula is C18H19FN2O3S. The minimum Gasteiger partial charge on any atom is -0.462 e. The lowest BCUT2D eigenvalue weighted by molar-refractivity contribution is -0.114. The van der Waals surface area contributed by atoms with Crippen LogP contribution in [-0.2, 0) is 9.53 Å². The summed E-state index contributed by atoms with van der Waals surface area (Å²) < 4.78 is 18.7. The molecule has 1 aromatic carbocycles. The summed E-state index contributed by atoms with van der Waals surface area (Å²) in [7, 11) is 0. The van der Waals surface area contributed by atoms with Crippen LogP contribution in [0.1, 0.15) is 41.6 Å². The van der Waals surface area contributed by atoms with Crippen LogP contribution in [0.4, 0.5) is 15.1 Å². The van der Waals surface area contributed by atoms with E-state index < -0.39 is 11.8 Å². The van der Waals surface area contributed by atoms with Gasteiger partial charge < -0.3 is 15.4 Å². The van der Waals surface area contributed by atoms with Crippen molar-refractivity contribution in [3.63, 3.8) is 0 Å². The Kier molecular flexibility index (Phi) is 5.33. The van der Waals surface area contributed by atoms with Gasteiger partial charge in [-0.1, -0.05) is 12.1 Å². The monoisotopic (exact) mass is 362 g/mol. The molecule has 0 unspecified atom stereocenters. The van der Waals surface area contributed by atoms with Gasteiger partial charge in [0.25, 0.3) is 0 Å². The summed E-state index contributed by atoms with van der Waals surface area (Å²) in [5.41, 5.74) is 1.66. The van der Waals surface area contributed by atoms with E-state index in [0.717, 1.165) is 18.4 Å². The van der Waals surface area contributed by atoms with Crippen LogP contribution >= 0.6 is 11.3 Å². The Labute approximate surface area is 149 Å². The van der Waals surface area contributed by atoms with Gasteiger partial charge in [0, 0.05) is 0 Å². The van der Waals surface area contributed by atoms with Gasteiger partial charge in [0.2, 0.25) is 5.91 Å². The van der Waals surface area contributed by atoms with Crippen molar-refractivity contribution in [2.75, 3.05) is 23.8 Å². The van der Waals surface area contributed by atoms with Crippen LogP contribution in [0.5, 0.6) is 0 Å². The topological polar surface area (TPSA) is 67.4 Å². The highest BCUT2D eigenvalue weighted by atomic mass is 32.1. The number of halogens is 1. The molecule has 25 heavy (non-hydrogen) atoms. The lowest BCUT2D eigenvalue weighted by Crippen LogP contribution is -2.23. The number of carbonyl (C=O) groups excluding carboxylic acids is 2. The Bertz CT molecular complexity index is 786. The van der Waals surface area contributed by atoms with E-state index in [9.17, 15) is 14.0 Å². The molecule has 1 fully saturated rings. The van der Waals surface area contributed by atoms with Crippen molar-refractivity contribution in [3.05, 3.63) is 46.6 Å². The number of carbonyl (C=O) groups is 2. The van der Waals surface area contributed by atoms with Gasteiger partial charge in [0.05, 0.1) is 24.4 Å². The molecule has 0 saturated heterocycles. The van der Waals surface area contributed by atoms with Gasteiger partial charge in [0.1, 0.15) is 10.8 Å². The fraction of sp³-hybridized carbons (Fsp3) is 0.333. The smallest absolute Gasteiger partial charge is 0.341 e. The molecule has 0 spiro atoms. The fourth-order valence-electron chi connectivity index (χ4n) is 2.52. The second-order valence-electron chi connectivity index (χ2n) is 5.77. The number of thiophene rings is 1. The Morgan fingerprint density at radius 2 is 2.08 bits per heavy atom. The summed E-state index contributed by atoms with van der Waals surface area (Å²) in [6.45, 7) is 1.93. The molecule has 1 aliphatic rings. The molecule has 0 radical (unpaired) electrons. The number of hydrogen-bond donors (Lipinski definition) is 2. The fourth-order valence-corrected chi connectivity index (χ4v) is 3.57. The van der Waals surface area contributed by atoms with Crippen molar-refractivity contribution >= 4 is 33.9 Å². The average Bonchev–Trinajstić information content (AvgIpc) is 3.35. The Morgan fingerprint density at radius 1 is 1.32 bits per heavy atom. The normalized spacial score (nSPS) is 13.4. The van der Waals surface area contributed by atoms with Gasteiger partial charge in [0.15, 0.2) is 0 Å². The van der Waals surface area contributed by atoms with E-state index in [2.05, 4.69) is 10.6 Å². The van der Waals surface area contributed by atoms with Crippen LogP contribution in [0.2, 0.25) is 0 Å². The third-order valence-corrected chi connectivity index (χ3v) is 4.80. The van der Waals surface area contributed by atoms with Crippen molar-refractivity contribution in [2.24, 2.45) is 0 Å². The van der Waals surface area contributed by atoms with Gasteiger partial charge in [-0.25, -0.2) is 9.18 Å². The summed E-state index contributed by atoms with van der Waals surface area (Å²) in [5.74, 6) is -0.812. The number of para-hydroxylation sites is 1. The Hall–Kier alpha value is -2.41. The standard InChI is InChI=1S/C18H19FN2O3S/c1-2-24-18(23)16-12(11-7-8-11)10-25-17(16)21-15(22)9-20-14-6-4-3-5-13(14)19/h3-6,10-11,20H,2,7-9H2,1H3,(H,21,22). The molecule has 0 aliphatic heterocycles. The Morgan fingerprint density at radius 3 is 2.76 bits per heavy atom. The number of amides is 1. The number of esters is 1. The van der Waals surface area contributed by atoms with Crippen LogP contribution in [0.25, 0.3) is 0 Å². The molecule has 0 atom stereocenters. The van der Waals surface area contributed by atoms with Crippen LogP contribution < -0.4 is 10.6 Å². The number of rotatable bonds is 7. The highest BCUT2D eigenvalue weighted by Crippen LogP contribution is 2.46. The molecule has 1 heterocycles. The second-order valence-corrected chi connectivity index (χ2v) is 6.65. The number of ether oxygens (including phenoxy) is 1. The molecule has 2 N–H and O–H groups in total. The average molecular weight is 362 g/mol. The number of benzene rings is 1. The molecule has 7 heteroatoms. The van der Waals surface area contributed by atoms with E-state index in [1.165, 1.54) is 17.4 Å². The molecule has 2 aromatic rings. The SMILES string of the molecule is CCOC(=O)c1c(C2CC2)csc1NC(=O)CNc1ccccc1F. The van der Waals surface area contributed by atoms with Gasteiger partial charge in [-0.05, 0) is 48.8 Å².